The number of hydrogen-bond donors (Lipinski definition) is 2. The van der Waals surface area contributed by atoms with E-state index in [2.05, 4.69) is 20.5 Å². The van der Waals surface area contributed by atoms with E-state index in [-0.39, 0.29) is 40.7 Å². The molecule has 0 bridgehead atoms. The second kappa shape index (κ2) is 8.53. The number of aromatic nitrogens is 2. The largest absolute Gasteiger partial charge is 0.465 e. The Bertz CT molecular complexity index is 809. The van der Waals surface area contributed by atoms with Gasteiger partial charge in [0.2, 0.25) is 5.91 Å². The Labute approximate surface area is 162 Å². The van der Waals surface area contributed by atoms with Crippen LogP contribution >= 0.6 is 24.0 Å². The lowest BCUT2D eigenvalue weighted by Gasteiger charge is -2.17. The number of anilines is 1. The predicted octanol–water partition coefficient (Wildman–Crippen LogP) is 2.22. The molecule has 1 fully saturated rings. The van der Waals surface area contributed by atoms with Gasteiger partial charge in [0, 0.05) is 37.9 Å². The van der Waals surface area contributed by atoms with Crippen molar-refractivity contribution in [2.45, 2.75) is 5.92 Å². The van der Waals surface area contributed by atoms with E-state index < -0.39 is 5.97 Å². The van der Waals surface area contributed by atoms with Crippen molar-refractivity contribution in [3.05, 3.63) is 46.7 Å². The number of nitrogens with one attached hydrogen (secondary N) is 2. The smallest absolute Gasteiger partial charge is 0.339 e. The van der Waals surface area contributed by atoms with E-state index in [1.165, 1.54) is 13.2 Å². The highest BCUT2D eigenvalue weighted by atomic mass is 35.5. The number of aryl methyl sites for hydroxylation is 1. The molecule has 1 aromatic carbocycles. The van der Waals surface area contributed by atoms with Crippen LogP contribution in [0, 0.1) is 5.92 Å². The zero-order valence-corrected chi connectivity index (χ0v) is 15.9. The second-order valence-electron chi connectivity index (χ2n) is 5.99. The maximum atomic E-state index is 12.7. The van der Waals surface area contributed by atoms with E-state index in [4.69, 9.17) is 11.6 Å². The standard InChI is InChI=1S/C17H19ClN4O3.ClH/c1-22-9-10(6-20-22)13-7-19-8-14(13)16(23)21-11-3-4-12(15(18)5-11)17(24)25-2;/h3-6,9,13-14,19H,7-8H2,1-2H3,(H,21,23);1H/t13-,14+;/m1./s1. The molecule has 0 saturated carbocycles. The molecule has 1 saturated heterocycles. The SMILES string of the molecule is COC(=O)c1ccc(NC(=O)[C@H]2CNC[C@@H]2c2cnn(C)c2)cc1Cl.Cl. The summed E-state index contributed by atoms with van der Waals surface area (Å²) < 4.78 is 6.39. The molecule has 2 aromatic rings. The summed E-state index contributed by atoms with van der Waals surface area (Å²) >= 11 is 6.10. The van der Waals surface area contributed by atoms with E-state index >= 15 is 0 Å². The van der Waals surface area contributed by atoms with Gasteiger partial charge in [0.05, 0.1) is 29.8 Å². The van der Waals surface area contributed by atoms with Crippen molar-refractivity contribution in [1.29, 1.82) is 0 Å². The van der Waals surface area contributed by atoms with Gasteiger partial charge in [0.15, 0.2) is 0 Å². The zero-order valence-electron chi connectivity index (χ0n) is 14.4. The fourth-order valence-electron chi connectivity index (χ4n) is 3.04. The van der Waals surface area contributed by atoms with Gasteiger partial charge in [0.1, 0.15) is 0 Å². The molecular weight excluding hydrogens is 379 g/mol. The predicted molar refractivity (Wildman–Crippen MR) is 101 cm³/mol. The number of ether oxygens (including phenoxy) is 1. The summed E-state index contributed by atoms with van der Waals surface area (Å²) in [6.07, 6.45) is 3.72. The third kappa shape index (κ3) is 4.17. The van der Waals surface area contributed by atoms with Crippen LogP contribution in [0.5, 0.6) is 0 Å². The third-order valence-electron chi connectivity index (χ3n) is 4.35. The zero-order chi connectivity index (χ0) is 18.0. The Morgan fingerprint density at radius 2 is 2.15 bits per heavy atom. The summed E-state index contributed by atoms with van der Waals surface area (Å²) in [5, 5.41) is 10.5. The first-order valence-electron chi connectivity index (χ1n) is 7.87. The number of esters is 1. The number of amides is 1. The fourth-order valence-corrected chi connectivity index (χ4v) is 3.30. The normalized spacial score (nSPS) is 18.9. The van der Waals surface area contributed by atoms with Crippen LogP contribution in [-0.2, 0) is 16.6 Å². The molecule has 140 valence electrons. The molecule has 0 radical (unpaired) electrons. The number of benzene rings is 1. The topological polar surface area (TPSA) is 85.2 Å². The number of nitrogens with zero attached hydrogens (tertiary/aromatic N) is 2. The second-order valence-corrected chi connectivity index (χ2v) is 6.40. The summed E-state index contributed by atoms with van der Waals surface area (Å²) in [7, 11) is 3.14. The van der Waals surface area contributed by atoms with Crippen LogP contribution in [0.3, 0.4) is 0 Å². The molecule has 1 aliphatic rings. The van der Waals surface area contributed by atoms with Crippen LogP contribution in [0.25, 0.3) is 0 Å². The van der Waals surface area contributed by atoms with Gasteiger partial charge in [-0.2, -0.15) is 5.10 Å². The molecule has 1 aliphatic heterocycles. The van der Waals surface area contributed by atoms with Crippen molar-refractivity contribution in [1.82, 2.24) is 15.1 Å². The third-order valence-corrected chi connectivity index (χ3v) is 4.66. The Morgan fingerprint density at radius 3 is 2.77 bits per heavy atom. The van der Waals surface area contributed by atoms with E-state index in [1.54, 1.807) is 23.0 Å². The van der Waals surface area contributed by atoms with Crippen LogP contribution < -0.4 is 10.6 Å². The summed E-state index contributed by atoms with van der Waals surface area (Å²) in [5.74, 6) is -0.748. The van der Waals surface area contributed by atoms with E-state index in [0.717, 1.165) is 12.1 Å². The van der Waals surface area contributed by atoms with Crippen molar-refractivity contribution in [2.75, 3.05) is 25.5 Å². The molecule has 26 heavy (non-hydrogen) atoms. The molecule has 1 aromatic heterocycles. The summed E-state index contributed by atoms with van der Waals surface area (Å²) in [6, 6.07) is 4.72. The molecule has 0 aliphatic carbocycles. The molecule has 2 N–H and O–H groups in total. The minimum absolute atomic E-state index is 0. The van der Waals surface area contributed by atoms with Crippen LogP contribution in [0.15, 0.2) is 30.6 Å². The van der Waals surface area contributed by atoms with Crippen molar-refractivity contribution in [3.63, 3.8) is 0 Å². The highest BCUT2D eigenvalue weighted by molar-refractivity contribution is 6.34. The van der Waals surface area contributed by atoms with Crippen molar-refractivity contribution < 1.29 is 14.3 Å². The van der Waals surface area contributed by atoms with Gasteiger partial charge in [-0.15, -0.1) is 12.4 Å². The van der Waals surface area contributed by atoms with Crippen LogP contribution in [0.4, 0.5) is 5.69 Å². The van der Waals surface area contributed by atoms with Crippen molar-refractivity contribution in [3.8, 4) is 0 Å². The molecule has 1 amide bonds. The first-order valence-corrected chi connectivity index (χ1v) is 8.25. The maximum Gasteiger partial charge on any atom is 0.339 e. The van der Waals surface area contributed by atoms with Gasteiger partial charge in [-0.3, -0.25) is 9.48 Å². The average Bonchev–Trinajstić information content (AvgIpc) is 3.22. The Kier molecular flexibility index (Phi) is 6.63. The van der Waals surface area contributed by atoms with Crippen LogP contribution in [-0.4, -0.2) is 41.9 Å². The first-order chi connectivity index (χ1) is 12.0. The Hall–Kier alpha value is -2.09. The lowest BCUT2D eigenvalue weighted by atomic mass is 9.90. The monoisotopic (exact) mass is 398 g/mol. The highest BCUT2D eigenvalue weighted by Crippen LogP contribution is 2.29. The first kappa shape index (κ1) is 20.2. The number of rotatable bonds is 4. The average molecular weight is 399 g/mol. The van der Waals surface area contributed by atoms with Gasteiger partial charge in [-0.25, -0.2) is 4.79 Å². The highest BCUT2D eigenvalue weighted by Gasteiger charge is 2.34. The van der Waals surface area contributed by atoms with Crippen molar-refractivity contribution >= 4 is 41.6 Å². The molecule has 0 spiro atoms. The lowest BCUT2D eigenvalue weighted by molar-refractivity contribution is -0.119. The van der Waals surface area contributed by atoms with E-state index in [9.17, 15) is 9.59 Å². The number of carbonyl (C=O) groups is 2. The van der Waals surface area contributed by atoms with Gasteiger partial charge < -0.3 is 15.4 Å². The Morgan fingerprint density at radius 1 is 1.38 bits per heavy atom. The van der Waals surface area contributed by atoms with Crippen LogP contribution in [0.2, 0.25) is 5.02 Å². The summed E-state index contributed by atoms with van der Waals surface area (Å²) in [6.45, 7) is 1.32. The molecule has 2 heterocycles. The lowest BCUT2D eigenvalue weighted by Crippen LogP contribution is -2.28. The molecule has 0 unspecified atom stereocenters. The number of hydrogen-bond acceptors (Lipinski definition) is 5. The van der Waals surface area contributed by atoms with E-state index in [1.807, 2.05) is 13.2 Å². The van der Waals surface area contributed by atoms with E-state index in [0.29, 0.717) is 12.2 Å². The van der Waals surface area contributed by atoms with Crippen LogP contribution in [0.1, 0.15) is 21.8 Å². The molecule has 2 atom stereocenters. The molecular formula is C17H20Cl2N4O3. The number of halogens is 2. The number of carbonyl (C=O) groups excluding carboxylic acids is 2. The Balaban J connectivity index is 0.00000243. The molecule has 3 rings (SSSR count). The minimum Gasteiger partial charge on any atom is -0.465 e. The maximum absolute atomic E-state index is 12.7. The number of methoxy groups -OCH3 is 1. The van der Waals surface area contributed by atoms with Gasteiger partial charge in [-0.1, -0.05) is 11.6 Å². The van der Waals surface area contributed by atoms with Gasteiger partial charge in [0.25, 0.3) is 0 Å². The molecule has 9 heteroatoms. The fraction of sp³-hybridized carbons (Fsp3) is 0.353. The quantitative estimate of drug-likeness (QED) is 0.771. The van der Waals surface area contributed by atoms with Gasteiger partial charge in [-0.05, 0) is 23.8 Å². The summed E-state index contributed by atoms with van der Waals surface area (Å²) in [5.41, 5.74) is 1.84. The van der Waals surface area contributed by atoms with Gasteiger partial charge >= 0.3 is 5.97 Å². The summed E-state index contributed by atoms with van der Waals surface area (Å²) in [4.78, 5) is 24.2. The minimum atomic E-state index is -0.514. The van der Waals surface area contributed by atoms with Crippen molar-refractivity contribution in [2.24, 2.45) is 13.0 Å². The molecule has 7 nitrogen and oxygen atoms in total.